The molecule has 0 radical (unpaired) electrons. The number of nitrogens with one attached hydrogen (secondary N) is 1. The van der Waals surface area contributed by atoms with Gasteiger partial charge in [0.05, 0.1) is 18.5 Å². The molecule has 1 N–H and O–H groups in total. The maximum atomic E-state index is 12.5. The van der Waals surface area contributed by atoms with Gasteiger partial charge in [-0.3, -0.25) is 9.10 Å². The maximum absolute atomic E-state index is 12.5. The van der Waals surface area contributed by atoms with E-state index in [1.165, 1.54) is 0 Å². The highest BCUT2D eigenvalue weighted by Crippen LogP contribution is 2.23. The zero-order valence-corrected chi connectivity index (χ0v) is 17.8. The van der Waals surface area contributed by atoms with Crippen molar-refractivity contribution in [2.45, 2.75) is 33.7 Å². The second-order valence-corrected chi connectivity index (χ2v) is 8.82. The second kappa shape index (κ2) is 9.10. The number of aryl methyl sites for hydroxylation is 3. The summed E-state index contributed by atoms with van der Waals surface area (Å²) < 4.78 is 31.4. The number of hydrogen-bond acceptors (Lipinski definition) is 4. The minimum absolute atomic E-state index is 0.279. The first-order valence-corrected chi connectivity index (χ1v) is 11.0. The van der Waals surface area contributed by atoms with Crippen LogP contribution in [0.5, 0.6) is 5.75 Å². The van der Waals surface area contributed by atoms with Gasteiger partial charge in [-0.15, -0.1) is 0 Å². The molecule has 2 rings (SSSR count). The van der Waals surface area contributed by atoms with Gasteiger partial charge < -0.3 is 10.1 Å². The van der Waals surface area contributed by atoms with Crippen LogP contribution in [0.15, 0.2) is 42.5 Å². The molecular formula is C21H28N2O4S. The predicted molar refractivity (Wildman–Crippen MR) is 112 cm³/mol. The average Bonchev–Trinajstić information content (AvgIpc) is 2.60. The van der Waals surface area contributed by atoms with Crippen LogP contribution in [-0.4, -0.2) is 39.8 Å². The van der Waals surface area contributed by atoms with E-state index in [0.29, 0.717) is 12.3 Å². The van der Waals surface area contributed by atoms with E-state index in [9.17, 15) is 13.2 Å². The minimum atomic E-state index is -3.63. The number of anilines is 1. The van der Waals surface area contributed by atoms with Gasteiger partial charge in [-0.05, 0) is 68.7 Å². The summed E-state index contributed by atoms with van der Waals surface area (Å²) in [5.74, 6) is 0.353. The van der Waals surface area contributed by atoms with Crippen molar-refractivity contribution in [3.8, 4) is 5.75 Å². The number of amides is 1. The van der Waals surface area contributed by atoms with Gasteiger partial charge in [-0.2, -0.15) is 0 Å². The Bertz CT molecular complexity index is 941. The number of carbonyl (C=O) groups is 1. The Morgan fingerprint density at radius 3 is 2.43 bits per heavy atom. The molecule has 0 fully saturated rings. The van der Waals surface area contributed by atoms with Gasteiger partial charge >= 0.3 is 0 Å². The Balaban J connectivity index is 2.02. The second-order valence-electron chi connectivity index (χ2n) is 6.96. The zero-order chi connectivity index (χ0) is 20.9. The van der Waals surface area contributed by atoms with Crippen molar-refractivity contribution < 1.29 is 17.9 Å². The quantitative estimate of drug-likeness (QED) is 0.687. The largest absolute Gasteiger partial charge is 0.492 e. The van der Waals surface area contributed by atoms with E-state index < -0.39 is 16.1 Å². The molecule has 1 amide bonds. The molecule has 7 heteroatoms. The number of nitrogens with zero attached hydrogens (tertiary/aromatic N) is 1. The standard InChI is InChI=1S/C21H28N2O4S/c1-15-7-6-8-20(13-15)27-12-11-22-21(24)18(4)23(28(5,25)26)19-10-9-16(2)17(3)14-19/h6-10,13-14,18H,11-12H2,1-5H3,(H,22,24)/t18-/m1/s1. The third kappa shape index (κ3) is 5.73. The fourth-order valence-corrected chi connectivity index (χ4v) is 4.03. The lowest BCUT2D eigenvalue weighted by molar-refractivity contribution is -0.121. The van der Waals surface area contributed by atoms with Gasteiger partial charge in [0.2, 0.25) is 15.9 Å². The molecule has 2 aromatic carbocycles. The van der Waals surface area contributed by atoms with Gasteiger partial charge in [-0.25, -0.2) is 8.42 Å². The van der Waals surface area contributed by atoms with Crippen LogP contribution >= 0.6 is 0 Å². The van der Waals surface area contributed by atoms with Crippen LogP contribution in [0.2, 0.25) is 0 Å². The third-order valence-corrected chi connectivity index (χ3v) is 5.73. The summed E-state index contributed by atoms with van der Waals surface area (Å²) in [5.41, 5.74) is 3.59. The van der Waals surface area contributed by atoms with Crippen molar-refractivity contribution in [1.29, 1.82) is 0 Å². The summed E-state index contributed by atoms with van der Waals surface area (Å²) in [6, 6.07) is 12.1. The number of rotatable bonds is 8. The number of hydrogen-bond donors (Lipinski definition) is 1. The van der Waals surface area contributed by atoms with Gasteiger partial charge in [0.15, 0.2) is 0 Å². The van der Waals surface area contributed by atoms with Gasteiger partial charge in [0, 0.05) is 0 Å². The summed E-state index contributed by atoms with van der Waals surface area (Å²) in [6.45, 7) is 7.99. The van der Waals surface area contributed by atoms with E-state index >= 15 is 0 Å². The maximum Gasteiger partial charge on any atom is 0.243 e. The Morgan fingerprint density at radius 2 is 1.82 bits per heavy atom. The van der Waals surface area contributed by atoms with E-state index in [2.05, 4.69) is 5.32 Å². The Hall–Kier alpha value is -2.54. The molecule has 28 heavy (non-hydrogen) atoms. The first kappa shape index (κ1) is 21.8. The summed E-state index contributed by atoms with van der Waals surface area (Å²) >= 11 is 0. The molecule has 0 aliphatic rings. The van der Waals surface area contributed by atoms with Crippen LogP contribution in [0.1, 0.15) is 23.6 Å². The Morgan fingerprint density at radius 1 is 1.11 bits per heavy atom. The van der Waals surface area contributed by atoms with Crippen LogP contribution < -0.4 is 14.4 Å². The summed E-state index contributed by atoms with van der Waals surface area (Å²) in [5, 5.41) is 2.75. The summed E-state index contributed by atoms with van der Waals surface area (Å²) in [6.07, 6.45) is 1.10. The smallest absolute Gasteiger partial charge is 0.243 e. The normalized spacial score (nSPS) is 12.3. The highest BCUT2D eigenvalue weighted by molar-refractivity contribution is 7.92. The lowest BCUT2D eigenvalue weighted by Gasteiger charge is -2.28. The van der Waals surface area contributed by atoms with Crippen LogP contribution in [0.25, 0.3) is 0 Å². The van der Waals surface area contributed by atoms with E-state index in [0.717, 1.165) is 33.0 Å². The highest BCUT2D eigenvalue weighted by atomic mass is 32.2. The predicted octanol–water partition coefficient (Wildman–Crippen LogP) is 2.96. The lowest BCUT2D eigenvalue weighted by atomic mass is 10.1. The molecule has 0 spiro atoms. The molecule has 0 saturated carbocycles. The van der Waals surface area contributed by atoms with Gasteiger partial charge in [0.25, 0.3) is 0 Å². The van der Waals surface area contributed by atoms with Crippen LogP contribution in [0, 0.1) is 20.8 Å². The molecule has 0 aliphatic heterocycles. The molecule has 0 bridgehead atoms. The molecule has 2 aromatic rings. The fraction of sp³-hybridized carbons (Fsp3) is 0.381. The average molecular weight is 405 g/mol. The molecule has 0 heterocycles. The van der Waals surface area contributed by atoms with Crippen LogP contribution in [0.4, 0.5) is 5.69 Å². The van der Waals surface area contributed by atoms with E-state index in [-0.39, 0.29) is 12.5 Å². The van der Waals surface area contributed by atoms with Gasteiger partial charge in [0.1, 0.15) is 18.4 Å². The van der Waals surface area contributed by atoms with E-state index in [1.807, 2.05) is 51.1 Å². The van der Waals surface area contributed by atoms with Crippen LogP contribution in [0.3, 0.4) is 0 Å². The van der Waals surface area contributed by atoms with Crippen molar-refractivity contribution in [3.63, 3.8) is 0 Å². The number of sulfonamides is 1. The molecular weight excluding hydrogens is 376 g/mol. The monoisotopic (exact) mass is 404 g/mol. The first-order valence-electron chi connectivity index (χ1n) is 9.13. The molecule has 0 unspecified atom stereocenters. The molecule has 6 nitrogen and oxygen atoms in total. The zero-order valence-electron chi connectivity index (χ0n) is 17.0. The molecule has 1 atom stereocenters. The topological polar surface area (TPSA) is 75.7 Å². The highest BCUT2D eigenvalue weighted by Gasteiger charge is 2.29. The minimum Gasteiger partial charge on any atom is -0.492 e. The lowest BCUT2D eigenvalue weighted by Crippen LogP contribution is -2.48. The fourth-order valence-electron chi connectivity index (χ4n) is 2.87. The van der Waals surface area contributed by atoms with Crippen molar-refractivity contribution >= 4 is 21.6 Å². The van der Waals surface area contributed by atoms with Crippen molar-refractivity contribution in [3.05, 3.63) is 59.2 Å². The number of carbonyl (C=O) groups excluding carboxylic acids is 1. The Kier molecular flexibility index (Phi) is 7.07. The molecule has 0 aliphatic carbocycles. The molecule has 0 saturated heterocycles. The molecule has 0 aromatic heterocycles. The van der Waals surface area contributed by atoms with E-state index in [4.69, 9.17) is 4.74 Å². The van der Waals surface area contributed by atoms with Gasteiger partial charge in [-0.1, -0.05) is 18.2 Å². The SMILES string of the molecule is Cc1cccc(OCCNC(=O)[C@@H](C)N(c2ccc(C)c(C)c2)S(C)(=O)=O)c1. The number of benzene rings is 2. The first-order chi connectivity index (χ1) is 13.1. The summed E-state index contributed by atoms with van der Waals surface area (Å²) in [7, 11) is -3.63. The van der Waals surface area contributed by atoms with Crippen molar-refractivity contribution in [2.75, 3.05) is 23.7 Å². The third-order valence-electron chi connectivity index (χ3n) is 4.49. The van der Waals surface area contributed by atoms with Crippen molar-refractivity contribution in [1.82, 2.24) is 5.32 Å². The summed E-state index contributed by atoms with van der Waals surface area (Å²) in [4.78, 5) is 12.5. The molecule has 152 valence electrons. The Labute approximate surface area is 167 Å². The van der Waals surface area contributed by atoms with E-state index in [1.54, 1.807) is 19.1 Å². The number of ether oxygens (including phenoxy) is 1. The van der Waals surface area contributed by atoms with Crippen molar-refractivity contribution in [2.24, 2.45) is 0 Å². The van der Waals surface area contributed by atoms with Crippen LogP contribution in [-0.2, 0) is 14.8 Å².